The van der Waals surface area contributed by atoms with Gasteiger partial charge in [-0.1, -0.05) is 24.3 Å². The van der Waals surface area contributed by atoms with Crippen LogP contribution in [0.1, 0.15) is 20.8 Å². The second kappa shape index (κ2) is 7.72. The highest BCUT2D eigenvalue weighted by Gasteiger charge is 2.16. The first kappa shape index (κ1) is 18.2. The van der Waals surface area contributed by atoms with Gasteiger partial charge in [-0.05, 0) is 54.3 Å². The maximum Gasteiger partial charge on any atom is 0.261 e. The molecule has 0 saturated heterocycles. The normalized spacial score (nSPS) is 11.1. The number of amides is 1. The zero-order chi connectivity index (χ0) is 18.6. The molecule has 26 heavy (non-hydrogen) atoms. The highest BCUT2D eigenvalue weighted by atomic mass is 32.2. The molecule has 1 aromatic heterocycles. The second-order valence-electron chi connectivity index (χ2n) is 5.76. The van der Waals surface area contributed by atoms with Crippen molar-refractivity contribution in [3.63, 3.8) is 0 Å². The third-order valence-electron chi connectivity index (χ3n) is 3.68. The van der Waals surface area contributed by atoms with Crippen molar-refractivity contribution in [3.05, 3.63) is 82.0 Å². The van der Waals surface area contributed by atoms with Crippen LogP contribution in [-0.4, -0.2) is 14.3 Å². The quantitative estimate of drug-likeness (QED) is 0.677. The van der Waals surface area contributed by atoms with E-state index in [0.29, 0.717) is 17.8 Å². The topological polar surface area (TPSA) is 75.3 Å². The Morgan fingerprint density at radius 1 is 1.04 bits per heavy atom. The minimum Gasteiger partial charge on any atom is -0.347 e. The zero-order valence-electron chi connectivity index (χ0n) is 14.1. The molecule has 0 aliphatic rings. The molecular formula is C19H18N2O3S2. The number of hydrogen-bond donors (Lipinski definition) is 2. The van der Waals surface area contributed by atoms with E-state index in [9.17, 15) is 13.2 Å². The van der Waals surface area contributed by atoms with Crippen molar-refractivity contribution < 1.29 is 13.2 Å². The summed E-state index contributed by atoms with van der Waals surface area (Å²) >= 11 is 1.55. The van der Waals surface area contributed by atoms with Gasteiger partial charge in [0.1, 0.15) is 0 Å². The number of nitrogens with one attached hydrogen (secondary N) is 2. The number of benzene rings is 2. The van der Waals surface area contributed by atoms with E-state index in [2.05, 4.69) is 10.0 Å². The first-order valence-electron chi connectivity index (χ1n) is 7.94. The number of carbonyl (C=O) groups excluding carboxylic acids is 1. The third-order valence-corrected chi connectivity index (χ3v) is 5.94. The SMILES string of the molecule is Cc1cccc(NS(=O)(=O)c2cccc(C(=O)NCc3cccs3)c2)c1. The van der Waals surface area contributed by atoms with Crippen LogP contribution in [0.25, 0.3) is 0 Å². The van der Waals surface area contributed by atoms with E-state index < -0.39 is 10.0 Å². The zero-order valence-corrected chi connectivity index (χ0v) is 15.7. The molecule has 7 heteroatoms. The van der Waals surface area contributed by atoms with E-state index in [1.165, 1.54) is 12.1 Å². The minimum atomic E-state index is -3.77. The number of anilines is 1. The molecule has 3 aromatic rings. The van der Waals surface area contributed by atoms with Gasteiger partial charge in [0.25, 0.3) is 15.9 Å². The molecule has 3 rings (SSSR count). The van der Waals surface area contributed by atoms with E-state index in [1.807, 2.05) is 30.5 Å². The van der Waals surface area contributed by atoms with Gasteiger partial charge in [0.15, 0.2) is 0 Å². The summed E-state index contributed by atoms with van der Waals surface area (Å²) in [6, 6.07) is 16.9. The van der Waals surface area contributed by atoms with Gasteiger partial charge in [-0.3, -0.25) is 9.52 Å². The van der Waals surface area contributed by atoms with Crippen LogP contribution in [0.2, 0.25) is 0 Å². The van der Waals surface area contributed by atoms with Crippen LogP contribution >= 0.6 is 11.3 Å². The molecule has 0 aliphatic carbocycles. The summed E-state index contributed by atoms with van der Waals surface area (Å²) < 4.78 is 27.7. The molecule has 2 N–H and O–H groups in total. The molecule has 0 atom stereocenters. The predicted molar refractivity (Wildman–Crippen MR) is 104 cm³/mol. The molecule has 0 bridgehead atoms. The highest BCUT2D eigenvalue weighted by Crippen LogP contribution is 2.18. The minimum absolute atomic E-state index is 0.0442. The molecule has 5 nitrogen and oxygen atoms in total. The van der Waals surface area contributed by atoms with Gasteiger partial charge in [-0.25, -0.2) is 8.42 Å². The summed E-state index contributed by atoms with van der Waals surface area (Å²) in [5.74, 6) is -0.314. The second-order valence-corrected chi connectivity index (χ2v) is 8.48. The molecule has 1 amide bonds. The van der Waals surface area contributed by atoms with Crippen LogP contribution < -0.4 is 10.0 Å². The maximum atomic E-state index is 12.6. The van der Waals surface area contributed by atoms with E-state index in [-0.39, 0.29) is 10.8 Å². The Kier molecular flexibility index (Phi) is 5.39. The summed E-state index contributed by atoms with van der Waals surface area (Å²) in [4.78, 5) is 13.4. The number of hydrogen-bond acceptors (Lipinski definition) is 4. The average molecular weight is 386 g/mol. The van der Waals surface area contributed by atoms with E-state index >= 15 is 0 Å². The fourth-order valence-electron chi connectivity index (χ4n) is 2.41. The van der Waals surface area contributed by atoms with Crippen LogP contribution in [0.15, 0.2) is 70.9 Å². The lowest BCUT2D eigenvalue weighted by Crippen LogP contribution is -2.23. The van der Waals surface area contributed by atoms with Crippen molar-refractivity contribution in [1.29, 1.82) is 0 Å². The van der Waals surface area contributed by atoms with Crippen LogP contribution in [-0.2, 0) is 16.6 Å². The Morgan fingerprint density at radius 2 is 1.85 bits per heavy atom. The Labute approximate surface area is 156 Å². The van der Waals surface area contributed by atoms with Crippen molar-refractivity contribution in [1.82, 2.24) is 5.32 Å². The highest BCUT2D eigenvalue weighted by molar-refractivity contribution is 7.92. The smallest absolute Gasteiger partial charge is 0.261 e. The Balaban J connectivity index is 1.76. The number of thiophene rings is 1. The summed E-state index contributed by atoms with van der Waals surface area (Å²) in [6.45, 7) is 2.30. The number of carbonyl (C=O) groups is 1. The van der Waals surface area contributed by atoms with Gasteiger partial charge < -0.3 is 5.32 Å². The van der Waals surface area contributed by atoms with Crippen molar-refractivity contribution in [2.45, 2.75) is 18.4 Å². The number of rotatable bonds is 6. The average Bonchev–Trinajstić information content (AvgIpc) is 3.13. The molecule has 0 saturated carbocycles. The van der Waals surface area contributed by atoms with E-state index in [0.717, 1.165) is 10.4 Å². The first-order valence-corrected chi connectivity index (χ1v) is 10.3. The van der Waals surface area contributed by atoms with Crippen molar-refractivity contribution in [3.8, 4) is 0 Å². The van der Waals surface area contributed by atoms with Gasteiger partial charge in [0, 0.05) is 16.1 Å². The largest absolute Gasteiger partial charge is 0.347 e. The standard InChI is InChI=1S/C19H18N2O3S2/c1-14-5-2-7-16(11-14)21-26(23,24)18-9-3-6-15(12-18)19(22)20-13-17-8-4-10-25-17/h2-12,21H,13H2,1H3,(H,20,22). The Morgan fingerprint density at radius 3 is 2.58 bits per heavy atom. The van der Waals surface area contributed by atoms with Gasteiger partial charge in [0.2, 0.25) is 0 Å². The monoisotopic (exact) mass is 386 g/mol. The molecule has 0 fully saturated rings. The fraction of sp³-hybridized carbons (Fsp3) is 0.105. The molecule has 0 radical (unpaired) electrons. The Hall–Kier alpha value is -2.64. The summed E-state index contributed by atoms with van der Waals surface area (Å²) in [5.41, 5.74) is 1.73. The van der Waals surface area contributed by atoms with Gasteiger partial charge in [-0.2, -0.15) is 0 Å². The maximum absolute atomic E-state index is 12.6. The fourth-order valence-corrected chi connectivity index (χ4v) is 4.15. The molecular weight excluding hydrogens is 368 g/mol. The first-order chi connectivity index (χ1) is 12.4. The van der Waals surface area contributed by atoms with Crippen LogP contribution in [0.4, 0.5) is 5.69 Å². The summed E-state index contributed by atoms with van der Waals surface area (Å²) in [7, 11) is -3.77. The van der Waals surface area contributed by atoms with Crippen LogP contribution in [0, 0.1) is 6.92 Å². The lowest BCUT2D eigenvalue weighted by molar-refractivity contribution is 0.0951. The lowest BCUT2D eigenvalue weighted by atomic mass is 10.2. The molecule has 0 spiro atoms. The van der Waals surface area contributed by atoms with Crippen molar-refractivity contribution >= 4 is 33.0 Å². The van der Waals surface area contributed by atoms with Gasteiger partial charge in [-0.15, -0.1) is 11.3 Å². The Bertz CT molecular complexity index is 1010. The van der Waals surface area contributed by atoms with E-state index in [4.69, 9.17) is 0 Å². The third kappa shape index (κ3) is 4.50. The molecule has 134 valence electrons. The number of aryl methyl sites for hydroxylation is 1. The molecule has 1 heterocycles. The van der Waals surface area contributed by atoms with E-state index in [1.54, 1.807) is 41.7 Å². The predicted octanol–water partition coefficient (Wildman–Crippen LogP) is 3.79. The number of sulfonamides is 1. The molecule has 0 aliphatic heterocycles. The van der Waals surface area contributed by atoms with Gasteiger partial charge >= 0.3 is 0 Å². The van der Waals surface area contributed by atoms with Crippen molar-refractivity contribution in [2.24, 2.45) is 0 Å². The van der Waals surface area contributed by atoms with Crippen LogP contribution in [0.3, 0.4) is 0 Å². The summed E-state index contributed by atoms with van der Waals surface area (Å²) in [6.07, 6.45) is 0. The molecule has 0 unspecified atom stereocenters. The lowest BCUT2D eigenvalue weighted by Gasteiger charge is -2.10. The van der Waals surface area contributed by atoms with Crippen molar-refractivity contribution in [2.75, 3.05) is 4.72 Å². The molecule has 2 aromatic carbocycles. The van der Waals surface area contributed by atoms with Gasteiger partial charge in [0.05, 0.1) is 11.4 Å². The van der Waals surface area contributed by atoms with Crippen LogP contribution in [0.5, 0.6) is 0 Å². The summed E-state index contributed by atoms with van der Waals surface area (Å²) in [5, 5.41) is 4.73.